The van der Waals surface area contributed by atoms with Gasteiger partial charge in [0.05, 0.1) is 0 Å². The molecule has 1 aliphatic rings. The van der Waals surface area contributed by atoms with Crippen LogP contribution in [0.25, 0.3) is 0 Å². The first-order valence-electron chi connectivity index (χ1n) is 12.8. The quantitative estimate of drug-likeness (QED) is 0.555. The van der Waals surface area contributed by atoms with Crippen LogP contribution in [0.4, 0.5) is 4.79 Å². The van der Waals surface area contributed by atoms with Crippen LogP contribution in [-0.2, 0) is 20.7 Å². The highest BCUT2D eigenvalue weighted by atomic mass is 16.6. The minimum atomic E-state index is -0.902. The molecule has 36 heavy (non-hydrogen) atoms. The van der Waals surface area contributed by atoms with Crippen molar-refractivity contribution in [3.05, 3.63) is 71.8 Å². The van der Waals surface area contributed by atoms with Crippen molar-refractivity contribution >= 4 is 17.9 Å². The van der Waals surface area contributed by atoms with Gasteiger partial charge in [0.2, 0.25) is 11.8 Å². The van der Waals surface area contributed by atoms with E-state index in [1.165, 1.54) is 11.3 Å². The second kappa shape index (κ2) is 12.6. The monoisotopic (exact) mass is 493 g/mol. The number of nitrogens with one attached hydrogen (secondary N) is 2. The molecule has 0 saturated heterocycles. The van der Waals surface area contributed by atoms with Crippen LogP contribution in [0.1, 0.15) is 70.0 Å². The van der Waals surface area contributed by atoms with Gasteiger partial charge in [0.15, 0.2) is 0 Å². The molecule has 0 radical (unpaired) electrons. The lowest BCUT2D eigenvalue weighted by Crippen LogP contribution is -2.53. The first-order valence-corrected chi connectivity index (χ1v) is 12.8. The number of rotatable bonds is 8. The molecule has 2 aromatic carbocycles. The van der Waals surface area contributed by atoms with Gasteiger partial charge in [-0.3, -0.25) is 9.59 Å². The van der Waals surface area contributed by atoms with E-state index < -0.39 is 23.8 Å². The number of carbonyl (C=O) groups excluding carboxylic acids is 3. The molecule has 7 nitrogen and oxygen atoms in total. The summed E-state index contributed by atoms with van der Waals surface area (Å²) in [5, 5.41) is 5.91. The van der Waals surface area contributed by atoms with Gasteiger partial charge in [0.1, 0.15) is 17.7 Å². The SMILES string of the molecule is CN(C(=O)C(Cc1ccccc1)NC(=O)OC(C)(C)C)C(C(=O)NC1CCCCC1)c1ccccc1. The van der Waals surface area contributed by atoms with E-state index in [4.69, 9.17) is 4.74 Å². The maximum absolute atomic E-state index is 13.8. The van der Waals surface area contributed by atoms with Gasteiger partial charge in [0.25, 0.3) is 0 Å². The summed E-state index contributed by atoms with van der Waals surface area (Å²) in [4.78, 5) is 41.4. The number of ether oxygens (including phenoxy) is 1. The Morgan fingerprint density at radius 2 is 1.53 bits per heavy atom. The Hall–Kier alpha value is -3.35. The predicted molar refractivity (Wildman–Crippen MR) is 140 cm³/mol. The van der Waals surface area contributed by atoms with Crippen LogP contribution < -0.4 is 10.6 Å². The number of likely N-dealkylation sites (N-methyl/N-ethyl adjacent to an activating group) is 1. The number of carbonyl (C=O) groups is 3. The molecule has 0 spiro atoms. The number of benzene rings is 2. The summed E-state index contributed by atoms with van der Waals surface area (Å²) in [6, 6.07) is 17.2. The Morgan fingerprint density at radius 1 is 0.944 bits per heavy atom. The fourth-order valence-electron chi connectivity index (χ4n) is 4.59. The molecular weight excluding hydrogens is 454 g/mol. The maximum Gasteiger partial charge on any atom is 0.408 e. The van der Waals surface area contributed by atoms with Crippen LogP contribution >= 0.6 is 0 Å². The highest BCUT2D eigenvalue weighted by Crippen LogP contribution is 2.24. The van der Waals surface area contributed by atoms with Gasteiger partial charge < -0.3 is 20.3 Å². The van der Waals surface area contributed by atoms with Crippen molar-refractivity contribution in [1.29, 1.82) is 0 Å². The fourth-order valence-corrected chi connectivity index (χ4v) is 4.59. The van der Waals surface area contributed by atoms with Crippen molar-refractivity contribution in [3.63, 3.8) is 0 Å². The van der Waals surface area contributed by atoms with Gasteiger partial charge >= 0.3 is 6.09 Å². The Bertz CT molecular complexity index is 998. The van der Waals surface area contributed by atoms with E-state index in [-0.39, 0.29) is 24.3 Å². The molecule has 1 aliphatic carbocycles. The van der Waals surface area contributed by atoms with E-state index in [9.17, 15) is 14.4 Å². The molecule has 3 amide bonds. The minimum absolute atomic E-state index is 0.112. The molecule has 2 aromatic rings. The lowest BCUT2D eigenvalue weighted by Gasteiger charge is -2.33. The zero-order chi connectivity index (χ0) is 26.1. The van der Waals surface area contributed by atoms with Crippen molar-refractivity contribution in [2.24, 2.45) is 0 Å². The third-order valence-corrected chi connectivity index (χ3v) is 6.32. The van der Waals surface area contributed by atoms with Gasteiger partial charge in [-0.2, -0.15) is 0 Å². The molecule has 194 valence electrons. The molecule has 2 unspecified atom stereocenters. The Morgan fingerprint density at radius 3 is 2.11 bits per heavy atom. The third kappa shape index (κ3) is 8.11. The van der Waals surface area contributed by atoms with Crippen molar-refractivity contribution in [2.45, 2.75) is 83.0 Å². The summed E-state index contributed by atoms with van der Waals surface area (Å²) in [7, 11) is 1.62. The second-order valence-electron chi connectivity index (χ2n) is 10.5. The molecular formula is C29H39N3O4. The molecule has 0 bridgehead atoms. The lowest BCUT2D eigenvalue weighted by molar-refractivity contribution is -0.141. The standard InChI is InChI=1S/C29H39N3O4/c1-29(2,3)36-28(35)31-24(20-21-14-8-5-9-15-21)27(34)32(4)25(22-16-10-6-11-17-22)26(33)30-23-18-12-7-13-19-23/h5-6,8-11,14-17,23-25H,7,12-13,18-20H2,1-4H3,(H,30,33)(H,31,35). The summed E-state index contributed by atoms with van der Waals surface area (Å²) in [5.74, 6) is -0.572. The topological polar surface area (TPSA) is 87.7 Å². The van der Waals surface area contributed by atoms with Crippen LogP contribution in [0.15, 0.2) is 60.7 Å². The summed E-state index contributed by atoms with van der Waals surface area (Å²) < 4.78 is 5.43. The molecule has 2 atom stereocenters. The van der Waals surface area contributed by atoms with E-state index in [1.54, 1.807) is 27.8 Å². The summed E-state index contributed by atoms with van der Waals surface area (Å²) in [6.45, 7) is 5.31. The van der Waals surface area contributed by atoms with Crippen LogP contribution in [0, 0.1) is 0 Å². The first-order chi connectivity index (χ1) is 17.1. The zero-order valence-electron chi connectivity index (χ0n) is 21.8. The van der Waals surface area contributed by atoms with Gasteiger partial charge in [0, 0.05) is 19.5 Å². The number of alkyl carbamates (subject to hydrolysis) is 1. The van der Waals surface area contributed by atoms with Crippen molar-refractivity contribution in [3.8, 4) is 0 Å². The largest absolute Gasteiger partial charge is 0.444 e. The Labute approximate surface area is 214 Å². The molecule has 0 aromatic heterocycles. The fraction of sp³-hybridized carbons (Fsp3) is 0.483. The second-order valence-corrected chi connectivity index (χ2v) is 10.5. The normalized spacial score (nSPS) is 15.9. The number of hydrogen-bond acceptors (Lipinski definition) is 4. The van der Waals surface area contributed by atoms with Crippen LogP contribution in [-0.4, -0.2) is 47.5 Å². The van der Waals surface area contributed by atoms with Crippen molar-refractivity contribution < 1.29 is 19.1 Å². The highest BCUT2D eigenvalue weighted by Gasteiger charge is 2.35. The van der Waals surface area contributed by atoms with E-state index in [1.807, 2.05) is 60.7 Å². The summed E-state index contributed by atoms with van der Waals surface area (Å²) >= 11 is 0. The number of nitrogens with zero attached hydrogens (tertiary/aromatic N) is 1. The molecule has 0 heterocycles. The molecule has 7 heteroatoms. The van der Waals surface area contributed by atoms with Gasteiger partial charge in [-0.25, -0.2) is 4.79 Å². The molecule has 0 aliphatic heterocycles. The summed E-state index contributed by atoms with van der Waals surface area (Å²) in [5.41, 5.74) is 0.906. The van der Waals surface area contributed by atoms with Crippen LogP contribution in [0.2, 0.25) is 0 Å². The zero-order valence-corrected chi connectivity index (χ0v) is 21.8. The average molecular weight is 494 g/mol. The molecule has 1 fully saturated rings. The third-order valence-electron chi connectivity index (χ3n) is 6.32. The Kier molecular flexibility index (Phi) is 9.51. The van der Waals surface area contributed by atoms with Crippen molar-refractivity contribution in [1.82, 2.24) is 15.5 Å². The Balaban J connectivity index is 1.85. The smallest absolute Gasteiger partial charge is 0.408 e. The first kappa shape index (κ1) is 27.2. The maximum atomic E-state index is 13.8. The predicted octanol–water partition coefficient (Wildman–Crippen LogP) is 4.77. The van der Waals surface area contributed by atoms with E-state index in [2.05, 4.69) is 10.6 Å². The van der Waals surface area contributed by atoms with E-state index in [0.29, 0.717) is 0 Å². The number of amides is 3. The molecule has 3 rings (SSSR count). The molecule has 2 N–H and O–H groups in total. The van der Waals surface area contributed by atoms with E-state index in [0.717, 1.165) is 36.8 Å². The number of hydrogen-bond donors (Lipinski definition) is 2. The van der Waals surface area contributed by atoms with Crippen LogP contribution in [0.3, 0.4) is 0 Å². The van der Waals surface area contributed by atoms with E-state index >= 15 is 0 Å². The van der Waals surface area contributed by atoms with Gasteiger partial charge in [-0.1, -0.05) is 79.9 Å². The summed E-state index contributed by atoms with van der Waals surface area (Å²) in [6.07, 6.45) is 4.86. The highest BCUT2D eigenvalue weighted by molar-refractivity contribution is 5.92. The van der Waals surface area contributed by atoms with Crippen molar-refractivity contribution in [2.75, 3.05) is 7.05 Å². The van der Waals surface area contributed by atoms with Gasteiger partial charge in [-0.05, 0) is 44.7 Å². The average Bonchev–Trinajstić information content (AvgIpc) is 2.84. The molecule has 1 saturated carbocycles. The van der Waals surface area contributed by atoms with Crippen LogP contribution in [0.5, 0.6) is 0 Å². The van der Waals surface area contributed by atoms with Gasteiger partial charge in [-0.15, -0.1) is 0 Å². The lowest BCUT2D eigenvalue weighted by atomic mass is 9.94. The minimum Gasteiger partial charge on any atom is -0.444 e.